The van der Waals surface area contributed by atoms with Crippen LogP contribution in [0.15, 0.2) is 125 Å². The average molecular weight is 768 g/mol. The number of rotatable bonds is 14. The zero-order valence-corrected chi connectivity index (χ0v) is 30.3. The van der Waals surface area contributed by atoms with Crippen LogP contribution in [0.5, 0.6) is 11.8 Å². The molecule has 6 aromatic rings. The Balaban J connectivity index is 1.26. The van der Waals surface area contributed by atoms with E-state index in [1.54, 1.807) is 36.4 Å². The van der Waals surface area contributed by atoms with E-state index in [9.17, 15) is 25.9 Å². The Morgan fingerprint density at radius 3 is 1.41 bits per heavy atom. The summed E-state index contributed by atoms with van der Waals surface area (Å²) in [7, 11) is -6.66. The normalized spacial score (nSPS) is 11.6. The molecule has 0 amide bonds. The number of benzene rings is 5. The molecule has 0 aliphatic carbocycles. The van der Waals surface area contributed by atoms with E-state index in [-0.39, 0.29) is 34.7 Å². The van der Waals surface area contributed by atoms with E-state index in [1.807, 2.05) is 48.5 Å². The second-order valence-corrected chi connectivity index (χ2v) is 14.2. The minimum Gasteiger partial charge on any atom is -0.497 e. The molecule has 17 heteroatoms. The first-order chi connectivity index (χ1) is 25.9. The van der Waals surface area contributed by atoms with Crippen LogP contribution >= 0.6 is 0 Å². The highest BCUT2D eigenvalue weighted by Crippen LogP contribution is 2.32. The molecule has 0 radical (unpaired) electrons. The van der Waals surface area contributed by atoms with Crippen LogP contribution in [0.3, 0.4) is 0 Å². The largest absolute Gasteiger partial charge is 0.497 e. The molecular weight excluding hydrogens is 735 g/mol. The maximum Gasteiger partial charge on any atom is 0.322 e. The molecule has 15 nitrogen and oxygen atoms in total. The van der Waals surface area contributed by atoms with E-state index in [0.29, 0.717) is 28.5 Å². The number of nitrogens with one attached hydrogen (secondary N) is 4. The predicted octanol–water partition coefficient (Wildman–Crippen LogP) is 7.53. The SMILES string of the molecule is COc1cc(Nc2ccccc2)cc(Nc2ccc(/C=C/c3ccc(Nc4nc(Nc5ccccc5)nc(OC)n4)cc3S(=O)(=O)O)c(S(=O)(=O)O)c2)c1. The van der Waals surface area contributed by atoms with Crippen molar-refractivity contribution in [1.29, 1.82) is 0 Å². The summed E-state index contributed by atoms with van der Waals surface area (Å²) < 4.78 is 81.0. The molecule has 0 atom stereocenters. The molecule has 6 rings (SSSR count). The molecule has 0 aliphatic heterocycles. The number of nitrogens with zero attached hydrogens (tertiary/aromatic N) is 3. The van der Waals surface area contributed by atoms with Crippen molar-refractivity contribution in [1.82, 2.24) is 15.0 Å². The highest BCUT2D eigenvalue weighted by Gasteiger charge is 2.19. The van der Waals surface area contributed by atoms with Gasteiger partial charge in [0.1, 0.15) is 15.5 Å². The summed E-state index contributed by atoms with van der Waals surface area (Å²) in [4.78, 5) is 11.7. The topological polar surface area (TPSA) is 214 Å². The monoisotopic (exact) mass is 767 g/mol. The lowest BCUT2D eigenvalue weighted by Gasteiger charge is -2.14. The lowest BCUT2D eigenvalue weighted by molar-refractivity contribution is 0.380. The zero-order valence-electron chi connectivity index (χ0n) is 28.6. The van der Waals surface area contributed by atoms with E-state index >= 15 is 0 Å². The van der Waals surface area contributed by atoms with Gasteiger partial charge in [-0.05, 0) is 65.7 Å². The fourth-order valence-electron chi connectivity index (χ4n) is 5.18. The van der Waals surface area contributed by atoms with Gasteiger partial charge in [0.2, 0.25) is 11.9 Å². The van der Waals surface area contributed by atoms with Gasteiger partial charge in [0, 0.05) is 46.3 Å². The van der Waals surface area contributed by atoms with Crippen LogP contribution in [-0.4, -0.2) is 55.1 Å². The van der Waals surface area contributed by atoms with Crippen LogP contribution in [-0.2, 0) is 20.2 Å². The van der Waals surface area contributed by atoms with Crippen LogP contribution in [0.2, 0.25) is 0 Å². The smallest absolute Gasteiger partial charge is 0.322 e. The predicted molar refractivity (Wildman–Crippen MR) is 207 cm³/mol. The van der Waals surface area contributed by atoms with Gasteiger partial charge in [-0.1, -0.05) is 60.7 Å². The molecule has 276 valence electrons. The number of methoxy groups -OCH3 is 2. The number of hydrogen-bond donors (Lipinski definition) is 6. The van der Waals surface area contributed by atoms with Gasteiger partial charge in [-0.3, -0.25) is 9.11 Å². The summed E-state index contributed by atoms with van der Waals surface area (Å²) in [6, 6.07) is 32.2. The van der Waals surface area contributed by atoms with Crippen LogP contribution in [0.1, 0.15) is 11.1 Å². The maximum absolute atomic E-state index is 12.5. The highest BCUT2D eigenvalue weighted by molar-refractivity contribution is 7.86. The van der Waals surface area contributed by atoms with Crippen LogP contribution in [0.4, 0.5) is 46.0 Å². The molecule has 0 saturated carbocycles. The molecule has 1 heterocycles. The van der Waals surface area contributed by atoms with Crippen molar-refractivity contribution >= 4 is 78.4 Å². The summed E-state index contributed by atoms with van der Waals surface area (Å²) in [5, 5.41) is 12.3. The molecule has 0 bridgehead atoms. The Kier molecular flexibility index (Phi) is 11.0. The molecule has 0 fully saturated rings. The molecule has 0 unspecified atom stereocenters. The van der Waals surface area contributed by atoms with Crippen LogP contribution in [0, 0.1) is 0 Å². The third kappa shape index (κ3) is 9.66. The third-order valence-electron chi connectivity index (χ3n) is 7.60. The molecule has 5 aromatic carbocycles. The lowest BCUT2D eigenvalue weighted by atomic mass is 10.1. The first-order valence-corrected chi connectivity index (χ1v) is 18.8. The van der Waals surface area contributed by atoms with E-state index < -0.39 is 30.0 Å². The summed E-state index contributed by atoms with van der Waals surface area (Å²) in [6.07, 6.45) is 2.59. The zero-order chi connectivity index (χ0) is 38.3. The minimum absolute atomic E-state index is 0.00832. The number of anilines is 8. The van der Waals surface area contributed by atoms with Gasteiger partial charge >= 0.3 is 6.01 Å². The summed E-state index contributed by atoms with van der Waals surface area (Å²) in [6.45, 7) is 0. The van der Waals surface area contributed by atoms with Gasteiger partial charge in [-0.2, -0.15) is 31.8 Å². The maximum atomic E-state index is 12.5. The van der Waals surface area contributed by atoms with Gasteiger partial charge in [0.05, 0.1) is 14.2 Å². The lowest BCUT2D eigenvalue weighted by Crippen LogP contribution is -2.07. The molecule has 6 N–H and O–H groups in total. The van der Waals surface area contributed by atoms with Gasteiger partial charge in [-0.15, -0.1) is 0 Å². The van der Waals surface area contributed by atoms with Crippen molar-refractivity contribution in [2.75, 3.05) is 35.5 Å². The number of para-hydroxylation sites is 2. The van der Waals surface area contributed by atoms with Crippen LogP contribution < -0.4 is 30.7 Å². The quantitative estimate of drug-likeness (QED) is 0.0467. The minimum atomic E-state index is -4.80. The number of aromatic nitrogens is 3. The van der Waals surface area contributed by atoms with Crippen molar-refractivity contribution in [3.8, 4) is 11.8 Å². The van der Waals surface area contributed by atoms with Crippen molar-refractivity contribution < 1.29 is 35.4 Å². The van der Waals surface area contributed by atoms with Crippen LogP contribution in [0.25, 0.3) is 12.2 Å². The van der Waals surface area contributed by atoms with Gasteiger partial charge in [0.15, 0.2) is 0 Å². The molecule has 0 spiro atoms. The molecule has 0 aliphatic rings. The summed E-state index contributed by atoms with van der Waals surface area (Å²) in [5.41, 5.74) is 3.37. The van der Waals surface area contributed by atoms with Gasteiger partial charge < -0.3 is 30.7 Å². The van der Waals surface area contributed by atoms with Crippen molar-refractivity contribution in [2.45, 2.75) is 9.79 Å². The Hall–Kier alpha value is -6.53. The summed E-state index contributed by atoms with van der Waals surface area (Å²) >= 11 is 0. The standard InChI is InChI=1S/C37H33N7O8S2/c1-51-32-20-30(38-26-9-5-3-6-10-26)19-31(21-32)39-28-17-15-24(33(22-28)53(45,46)47)13-14-25-16-18-29(23-34(25)54(48,49)50)41-36-42-35(43-37(44-36)52-2)40-27-11-7-4-8-12-27/h3-23,38-39H,1-2H3,(H,45,46,47)(H,48,49,50)(H2,40,41,42,43,44)/b14-13+. The van der Waals surface area contributed by atoms with E-state index in [1.165, 1.54) is 50.6 Å². The third-order valence-corrected chi connectivity index (χ3v) is 9.42. The Morgan fingerprint density at radius 1 is 0.500 bits per heavy atom. The molecule has 54 heavy (non-hydrogen) atoms. The fourth-order valence-corrected chi connectivity index (χ4v) is 6.60. The van der Waals surface area contributed by atoms with Gasteiger partial charge in [0.25, 0.3) is 20.2 Å². The van der Waals surface area contributed by atoms with Gasteiger partial charge in [-0.25, -0.2) is 0 Å². The van der Waals surface area contributed by atoms with E-state index in [0.717, 1.165) is 11.8 Å². The summed E-state index contributed by atoms with van der Waals surface area (Å²) in [5.74, 6) is 0.685. The van der Waals surface area contributed by atoms with Crippen molar-refractivity contribution in [3.63, 3.8) is 0 Å². The number of ether oxygens (including phenoxy) is 2. The number of hydrogen-bond acceptors (Lipinski definition) is 13. The Labute approximate surface area is 311 Å². The van der Waals surface area contributed by atoms with E-state index in [2.05, 4.69) is 36.2 Å². The van der Waals surface area contributed by atoms with Crippen molar-refractivity contribution in [3.05, 3.63) is 126 Å². The van der Waals surface area contributed by atoms with Crippen molar-refractivity contribution in [2.24, 2.45) is 0 Å². The molecule has 1 aromatic heterocycles. The second kappa shape index (κ2) is 16.0. The highest BCUT2D eigenvalue weighted by atomic mass is 32.2. The molecule has 0 saturated heterocycles. The first-order valence-electron chi connectivity index (χ1n) is 15.9. The Morgan fingerprint density at radius 2 is 0.944 bits per heavy atom. The molecular formula is C37H33N7O8S2. The Bertz CT molecular complexity index is 2360. The van der Waals surface area contributed by atoms with E-state index in [4.69, 9.17) is 9.47 Å². The first kappa shape index (κ1) is 37.2. The second-order valence-electron chi connectivity index (χ2n) is 11.4. The average Bonchev–Trinajstić information content (AvgIpc) is 3.14. The fraction of sp³-hybridized carbons (Fsp3) is 0.0541.